The number of carbonyl (C=O) groups is 1. The first-order chi connectivity index (χ1) is 15.1. The van der Waals surface area contributed by atoms with Crippen molar-refractivity contribution < 1.29 is 19.7 Å². The first-order valence-corrected chi connectivity index (χ1v) is 9.91. The van der Waals surface area contributed by atoms with Gasteiger partial charge in [0.15, 0.2) is 0 Å². The summed E-state index contributed by atoms with van der Waals surface area (Å²) in [5.41, 5.74) is 2.48. The standard InChI is InChI=1S/C25H22N2O4/c28-21-10-6-18(7-11-21)16-23(25(30)31-17-19-4-2-1-3-5-19)27(24-14-15-26-24)20-8-12-22(29)13-9-20/h1-15,23,28-29H,16-17H2/t23-/m0/s1. The second-order valence-corrected chi connectivity index (χ2v) is 7.17. The summed E-state index contributed by atoms with van der Waals surface area (Å²) >= 11 is 0. The van der Waals surface area contributed by atoms with Crippen LogP contribution in [0.3, 0.4) is 0 Å². The average molecular weight is 414 g/mol. The van der Waals surface area contributed by atoms with Crippen LogP contribution in [-0.4, -0.2) is 28.1 Å². The maximum atomic E-state index is 13.3. The van der Waals surface area contributed by atoms with E-state index >= 15 is 0 Å². The van der Waals surface area contributed by atoms with E-state index in [9.17, 15) is 15.0 Å². The van der Waals surface area contributed by atoms with Crippen molar-refractivity contribution in [3.63, 3.8) is 0 Å². The van der Waals surface area contributed by atoms with Crippen molar-refractivity contribution in [1.82, 2.24) is 0 Å². The number of amidine groups is 1. The number of hydrogen-bond donors (Lipinski definition) is 2. The van der Waals surface area contributed by atoms with Crippen molar-refractivity contribution in [3.05, 3.63) is 102 Å². The van der Waals surface area contributed by atoms with Gasteiger partial charge < -0.3 is 19.8 Å². The van der Waals surface area contributed by atoms with E-state index in [0.29, 0.717) is 17.9 Å². The molecule has 31 heavy (non-hydrogen) atoms. The van der Waals surface area contributed by atoms with Gasteiger partial charge in [-0.05, 0) is 53.6 Å². The van der Waals surface area contributed by atoms with Crippen LogP contribution in [0.5, 0.6) is 11.5 Å². The zero-order chi connectivity index (χ0) is 21.6. The van der Waals surface area contributed by atoms with Crippen LogP contribution < -0.4 is 4.90 Å². The molecule has 156 valence electrons. The minimum absolute atomic E-state index is 0.136. The van der Waals surface area contributed by atoms with E-state index in [2.05, 4.69) is 4.99 Å². The third kappa shape index (κ3) is 4.93. The smallest absolute Gasteiger partial charge is 0.329 e. The summed E-state index contributed by atoms with van der Waals surface area (Å²) in [5.74, 6) is 0.532. The molecule has 0 fully saturated rings. The van der Waals surface area contributed by atoms with Crippen LogP contribution >= 0.6 is 0 Å². The molecule has 0 saturated carbocycles. The molecule has 1 atom stereocenters. The van der Waals surface area contributed by atoms with E-state index in [4.69, 9.17) is 4.74 Å². The number of esters is 1. The summed E-state index contributed by atoms with van der Waals surface area (Å²) < 4.78 is 5.67. The number of anilines is 1. The molecule has 6 heteroatoms. The minimum Gasteiger partial charge on any atom is -0.508 e. The lowest BCUT2D eigenvalue weighted by molar-refractivity contribution is -0.146. The molecule has 0 spiro atoms. The highest BCUT2D eigenvalue weighted by molar-refractivity contribution is 6.12. The second-order valence-electron chi connectivity index (χ2n) is 7.17. The Morgan fingerprint density at radius 2 is 1.48 bits per heavy atom. The lowest BCUT2D eigenvalue weighted by Crippen LogP contribution is -2.48. The number of phenolic OH excluding ortho intramolecular Hbond substituents is 2. The van der Waals surface area contributed by atoms with Gasteiger partial charge in [-0.25, -0.2) is 9.79 Å². The van der Waals surface area contributed by atoms with E-state index < -0.39 is 12.0 Å². The van der Waals surface area contributed by atoms with E-state index in [1.54, 1.807) is 59.6 Å². The quantitative estimate of drug-likeness (QED) is 0.567. The Morgan fingerprint density at radius 1 is 0.871 bits per heavy atom. The monoisotopic (exact) mass is 414 g/mol. The van der Waals surface area contributed by atoms with Gasteiger partial charge in [-0.15, -0.1) is 0 Å². The number of aromatic hydroxyl groups is 2. The zero-order valence-electron chi connectivity index (χ0n) is 16.8. The van der Waals surface area contributed by atoms with Crippen molar-refractivity contribution in [3.8, 4) is 11.5 Å². The number of nitrogens with zero attached hydrogens (tertiary/aromatic N) is 2. The zero-order valence-corrected chi connectivity index (χ0v) is 16.8. The Kier molecular flexibility index (Phi) is 5.98. The van der Waals surface area contributed by atoms with E-state index in [1.165, 1.54) is 0 Å². The highest BCUT2D eigenvalue weighted by Crippen LogP contribution is 2.26. The summed E-state index contributed by atoms with van der Waals surface area (Å²) in [6.07, 6.45) is 3.83. The predicted molar refractivity (Wildman–Crippen MR) is 119 cm³/mol. The first kappa shape index (κ1) is 20.2. The van der Waals surface area contributed by atoms with Crippen LogP contribution in [0.25, 0.3) is 0 Å². The largest absolute Gasteiger partial charge is 0.508 e. The molecule has 6 nitrogen and oxygen atoms in total. The summed E-state index contributed by atoms with van der Waals surface area (Å²) in [6, 6.07) is 22.2. The summed E-state index contributed by atoms with van der Waals surface area (Å²) in [4.78, 5) is 19.4. The third-order valence-corrected chi connectivity index (χ3v) is 4.98. The van der Waals surface area contributed by atoms with Crippen molar-refractivity contribution in [2.24, 2.45) is 4.99 Å². The van der Waals surface area contributed by atoms with E-state index in [0.717, 1.165) is 11.1 Å². The Labute approximate surface area is 180 Å². The lowest BCUT2D eigenvalue weighted by atomic mass is 10.0. The molecule has 0 unspecified atom stereocenters. The number of hydrogen-bond acceptors (Lipinski definition) is 6. The molecule has 3 aromatic rings. The van der Waals surface area contributed by atoms with Crippen LogP contribution in [0.1, 0.15) is 11.1 Å². The average Bonchev–Trinajstić information content (AvgIpc) is 2.76. The molecule has 3 aromatic carbocycles. The fraction of sp³-hybridized carbons (Fsp3) is 0.120. The van der Waals surface area contributed by atoms with Crippen molar-refractivity contribution in [2.75, 3.05) is 4.90 Å². The molecular formula is C25H22N2O4. The summed E-state index contributed by atoms with van der Waals surface area (Å²) in [6.45, 7) is 0.164. The maximum absolute atomic E-state index is 13.3. The Bertz CT molecular complexity index is 1090. The van der Waals surface area contributed by atoms with Crippen molar-refractivity contribution >= 4 is 17.5 Å². The van der Waals surface area contributed by atoms with Crippen LogP contribution in [0.15, 0.2) is 96.1 Å². The maximum Gasteiger partial charge on any atom is 0.329 e. The van der Waals surface area contributed by atoms with Gasteiger partial charge >= 0.3 is 5.97 Å². The van der Waals surface area contributed by atoms with Gasteiger partial charge in [0.05, 0.1) is 0 Å². The molecular weight excluding hydrogens is 392 g/mol. The number of carbonyl (C=O) groups excluding carboxylic acids is 1. The minimum atomic E-state index is -0.693. The molecule has 0 saturated heterocycles. The second kappa shape index (κ2) is 9.17. The summed E-state index contributed by atoms with van der Waals surface area (Å²) in [7, 11) is 0. The lowest BCUT2D eigenvalue weighted by Gasteiger charge is -2.33. The van der Waals surface area contributed by atoms with Gasteiger partial charge in [0, 0.05) is 18.3 Å². The van der Waals surface area contributed by atoms with Crippen molar-refractivity contribution in [1.29, 1.82) is 0 Å². The third-order valence-electron chi connectivity index (χ3n) is 4.98. The highest BCUT2D eigenvalue weighted by atomic mass is 16.5. The highest BCUT2D eigenvalue weighted by Gasteiger charge is 2.32. The molecule has 0 aliphatic carbocycles. The van der Waals surface area contributed by atoms with Gasteiger partial charge in [0.1, 0.15) is 30.0 Å². The SMILES string of the molecule is O=C(OCc1ccccc1)[C@H](Cc1ccc(O)cc1)N(C1=NC=C1)c1ccc(O)cc1. The molecule has 1 aliphatic heterocycles. The number of phenols is 2. The Hall–Kier alpha value is -4.06. The number of ether oxygens (including phenoxy) is 1. The van der Waals surface area contributed by atoms with E-state index in [-0.39, 0.29) is 18.1 Å². The van der Waals surface area contributed by atoms with E-state index in [1.807, 2.05) is 36.4 Å². The van der Waals surface area contributed by atoms with Gasteiger partial charge in [0.2, 0.25) is 0 Å². The van der Waals surface area contributed by atoms with Gasteiger partial charge in [0.25, 0.3) is 0 Å². The van der Waals surface area contributed by atoms with Crippen LogP contribution in [0.4, 0.5) is 5.69 Å². The Balaban J connectivity index is 1.64. The topological polar surface area (TPSA) is 82.4 Å². The molecule has 0 amide bonds. The number of rotatable bonds is 7. The fourth-order valence-electron chi connectivity index (χ4n) is 3.33. The fourth-order valence-corrected chi connectivity index (χ4v) is 3.33. The molecule has 0 aromatic heterocycles. The van der Waals surface area contributed by atoms with Crippen molar-refractivity contribution in [2.45, 2.75) is 19.1 Å². The molecule has 2 N–H and O–H groups in total. The van der Waals surface area contributed by atoms with Gasteiger partial charge in [-0.2, -0.15) is 0 Å². The first-order valence-electron chi connectivity index (χ1n) is 9.91. The summed E-state index contributed by atoms with van der Waals surface area (Å²) in [5, 5.41) is 19.3. The molecule has 0 radical (unpaired) electrons. The van der Waals surface area contributed by atoms with Crippen LogP contribution in [-0.2, 0) is 22.6 Å². The predicted octanol–water partition coefficient (Wildman–Crippen LogP) is 4.18. The molecule has 1 aliphatic rings. The normalized spacial score (nSPS) is 13.1. The van der Waals surface area contributed by atoms with Gasteiger partial charge in [-0.3, -0.25) is 0 Å². The molecule has 1 heterocycles. The molecule has 4 rings (SSSR count). The number of benzene rings is 3. The van der Waals surface area contributed by atoms with Crippen LogP contribution in [0.2, 0.25) is 0 Å². The number of aliphatic imine (C=N–C) groups is 1. The van der Waals surface area contributed by atoms with Gasteiger partial charge in [-0.1, -0.05) is 42.5 Å². The Morgan fingerprint density at radius 3 is 2.06 bits per heavy atom. The van der Waals surface area contributed by atoms with Crippen LogP contribution in [0, 0.1) is 0 Å². The molecule has 0 bridgehead atoms.